The van der Waals surface area contributed by atoms with Gasteiger partial charge in [-0.05, 0) is 17.7 Å². The van der Waals surface area contributed by atoms with Crippen LogP contribution in [0.2, 0.25) is 0 Å². The maximum atomic E-state index is 10.0. The SMILES string of the molecule is N=c1sccn1CC(O)c1cccc(Br)c1. The number of thiazole rings is 1. The van der Waals surface area contributed by atoms with Crippen molar-refractivity contribution in [3.63, 3.8) is 0 Å². The molecule has 0 aliphatic carbocycles. The summed E-state index contributed by atoms with van der Waals surface area (Å²) in [5, 5.41) is 19.5. The smallest absolute Gasteiger partial charge is 0.181 e. The molecule has 1 aromatic carbocycles. The largest absolute Gasteiger partial charge is 0.387 e. The number of aliphatic hydroxyl groups excluding tert-OH is 1. The summed E-state index contributed by atoms with van der Waals surface area (Å²) in [5.41, 5.74) is 0.854. The second kappa shape index (κ2) is 4.95. The summed E-state index contributed by atoms with van der Waals surface area (Å²) in [6.45, 7) is 0.415. The van der Waals surface area contributed by atoms with E-state index in [2.05, 4.69) is 15.9 Å². The van der Waals surface area contributed by atoms with Crippen molar-refractivity contribution < 1.29 is 5.11 Å². The minimum Gasteiger partial charge on any atom is -0.387 e. The zero-order valence-corrected chi connectivity index (χ0v) is 10.8. The summed E-state index contributed by atoms with van der Waals surface area (Å²) >= 11 is 4.72. The van der Waals surface area contributed by atoms with Crippen molar-refractivity contribution in [3.8, 4) is 0 Å². The van der Waals surface area contributed by atoms with E-state index in [1.165, 1.54) is 11.3 Å². The average molecular weight is 299 g/mol. The molecule has 0 saturated heterocycles. The highest BCUT2D eigenvalue weighted by atomic mass is 79.9. The van der Waals surface area contributed by atoms with Crippen LogP contribution in [-0.4, -0.2) is 9.67 Å². The van der Waals surface area contributed by atoms with Crippen LogP contribution in [0.1, 0.15) is 11.7 Å². The molecule has 0 radical (unpaired) electrons. The molecule has 1 heterocycles. The van der Waals surface area contributed by atoms with Gasteiger partial charge >= 0.3 is 0 Å². The van der Waals surface area contributed by atoms with Gasteiger partial charge in [-0.1, -0.05) is 28.1 Å². The highest BCUT2D eigenvalue weighted by Crippen LogP contribution is 2.19. The summed E-state index contributed by atoms with van der Waals surface area (Å²) in [5.74, 6) is 0. The van der Waals surface area contributed by atoms with Crippen LogP contribution in [0.3, 0.4) is 0 Å². The molecular formula is C11H11BrN2OS. The lowest BCUT2D eigenvalue weighted by molar-refractivity contribution is 0.155. The first-order valence-electron chi connectivity index (χ1n) is 4.79. The predicted octanol–water partition coefficient (Wildman–Crippen LogP) is 2.53. The summed E-state index contributed by atoms with van der Waals surface area (Å²) in [6.07, 6.45) is 1.23. The number of nitrogens with zero attached hydrogens (tertiary/aromatic N) is 1. The number of aromatic nitrogens is 1. The number of hydrogen-bond donors (Lipinski definition) is 2. The molecule has 2 aromatic rings. The predicted molar refractivity (Wildman–Crippen MR) is 67.3 cm³/mol. The lowest BCUT2D eigenvalue weighted by Gasteiger charge is -2.11. The Hall–Kier alpha value is -0.910. The molecule has 0 spiro atoms. The van der Waals surface area contributed by atoms with E-state index in [0.717, 1.165) is 10.0 Å². The molecule has 0 aliphatic heterocycles. The standard InChI is InChI=1S/C11H11BrN2OS/c12-9-3-1-2-8(6-9)10(15)7-14-4-5-16-11(14)13/h1-6,10,13,15H,7H2. The monoisotopic (exact) mass is 298 g/mol. The van der Waals surface area contributed by atoms with Crippen LogP contribution in [0.4, 0.5) is 0 Å². The first kappa shape index (κ1) is 11.6. The average Bonchev–Trinajstić information content (AvgIpc) is 2.64. The Morgan fingerprint density at radius 3 is 2.94 bits per heavy atom. The summed E-state index contributed by atoms with van der Waals surface area (Å²) < 4.78 is 2.68. The number of halogens is 1. The van der Waals surface area contributed by atoms with Crippen LogP contribution in [0, 0.1) is 5.41 Å². The van der Waals surface area contributed by atoms with Gasteiger partial charge in [0.25, 0.3) is 0 Å². The highest BCUT2D eigenvalue weighted by Gasteiger charge is 2.08. The second-order valence-electron chi connectivity index (χ2n) is 3.43. The molecule has 3 nitrogen and oxygen atoms in total. The first-order valence-corrected chi connectivity index (χ1v) is 6.46. The summed E-state index contributed by atoms with van der Waals surface area (Å²) in [6, 6.07) is 7.58. The molecule has 0 bridgehead atoms. The summed E-state index contributed by atoms with van der Waals surface area (Å²) in [4.78, 5) is 0.453. The van der Waals surface area contributed by atoms with Crippen molar-refractivity contribution in [1.29, 1.82) is 5.41 Å². The van der Waals surface area contributed by atoms with Crippen molar-refractivity contribution in [2.45, 2.75) is 12.6 Å². The van der Waals surface area contributed by atoms with Crippen LogP contribution in [0.5, 0.6) is 0 Å². The molecule has 2 N–H and O–H groups in total. The van der Waals surface area contributed by atoms with Crippen molar-refractivity contribution in [2.24, 2.45) is 0 Å². The molecular weight excluding hydrogens is 288 g/mol. The number of aliphatic hydroxyl groups is 1. The van der Waals surface area contributed by atoms with E-state index < -0.39 is 6.10 Å². The van der Waals surface area contributed by atoms with Gasteiger partial charge in [-0.2, -0.15) is 0 Å². The minimum absolute atomic E-state index is 0.415. The normalized spacial score (nSPS) is 12.6. The molecule has 1 aromatic heterocycles. The van der Waals surface area contributed by atoms with Gasteiger partial charge in [0.2, 0.25) is 0 Å². The van der Waals surface area contributed by atoms with E-state index in [-0.39, 0.29) is 0 Å². The molecule has 0 fully saturated rings. The zero-order valence-electron chi connectivity index (χ0n) is 8.43. The zero-order chi connectivity index (χ0) is 11.5. The molecule has 1 atom stereocenters. The quantitative estimate of drug-likeness (QED) is 0.899. The number of benzene rings is 1. The first-order chi connectivity index (χ1) is 7.66. The second-order valence-corrected chi connectivity index (χ2v) is 5.24. The lowest BCUT2D eigenvalue weighted by atomic mass is 10.1. The Labute approximate surface area is 106 Å². The Morgan fingerprint density at radius 2 is 2.31 bits per heavy atom. The van der Waals surface area contributed by atoms with Crippen LogP contribution in [0.15, 0.2) is 40.3 Å². The molecule has 0 amide bonds. The van der Waals surface area contributed by atoms with Gasteiger partial charge in [-0.25, -0.2) is 0 Å². The molecule has 5 heteroatoms. The topological polar surface area (TPSA) is 49.0 Å². The van der Waals surface area contributed by atoms with Crippen LogP contribution < -0.4 is 4.80 Å². The third-order valence-electron chi connectivity index (χ3n) is 2.28. The Kier molecular flexibility index (Phi) is 3.58. The molecule has 16 heavy (non-hydrogen) atoms. The maximum absolute atomic E-state index is 10.0. The maximum Gasteiger partial charge on any atom is 0.181 e. The third-order valence-corrected chi connectivity index (χ3v) is 3.49. The van der Waals surface area contributed by atoms with Gasteiger partial charge < -0.3 is 9.67 Å². The fourth-order valence-corrected chi connectivity index (χ4v) is 2.48. The van der Waals surface area contributed by atoms with E-state index in [4.69, 9.17) is 5.41 Å². The van der Waals surface area contributed by atoms with E-state index in [1.807, 2.05) is 35.8 Å². The number of nitrogens with one attached hydrogen (secondary N) is 1. The van der Waals surface area contributed by atoms with Gasteiger partial charge in [0.05, 0.1) is 12.6 Å². The van der Waals surface area contributed by atoms with E-state index in [9.17, 15) is 5.11 Å². The van der Waals surface area contributed by atoms with Crippen LogP contribution in [-0.2, 0) is 6.54 Å². The van der Waals surface area contributed by atoms with Crippen molar-refractivity contribution in [2.75, 3.05) is 0 Å². The van der Waals surface area contributed by atoms with Crippen molar-refractivity contribution in [3.05, 3.63) is 50.7 Å². The third kappa shape index (κ3) is 2.61. The fourth-order valence-electron chi connectivity index (χ4n) is 1.45. The van der Waals surface area contributed by atoms with Gasteiger partial charge in [0.1, 0.15) is 0 Å². The van der Waals surface area contributed by atoms with Gasteiger partial charge in [0.15, 0.2) is 4.80 Å². The molecule has 84 valence electrons. The lowest BCUT2D eigenvalue weighted by Crippen LogP contribution is -2.17. The Balaban J connectivity index is 2.18. The van der Waals surface area contributed by atoms with Crippen LogP contribution >= 0.6 is 27.3 Å². The highest BCUT2D eigenvalue weighted by molar-refractivity contribution is 9.10. The van der Waals surface area contributed by atoms with Gasteiger partial charge in [0, 0.05) is 16.0 Å². The number of rotatable bonds is 3. The Bertz CT molecular complexity index is 535. The molecule has 0 aliphatic rings. The van der Waals surface area contributed by atoms with Crippen LogP contribution in [0.25, 0.3) is 0 Å². The fraction of sp³-hybridized carbons (Fsp3) is 0.182. The van der Waals surface area contributed by atoms with E-state index >= 15 is 0 Å². The molecule has 2 rings (SSSR count). The van der Waals surface area contributed by atoms with E-state index in [1.54, 1.807) is 4.57 Å². The van der Waals surface area contributed by atoms with Gasteiger partial charge in [-0.3, -0.25) is 5.41 Å². The van der Waals surface area contributed by atoms with Gasteiger partial charge in [-0.15, -0.1) is 11.3 Å². The number of hydrogen-bond acceptors (Lipinski definition) is 3. The minimum atomic E-state index is -0.582. The van der Waals surface area contributed by atoms with E-state index in [0.29, 0.717) is 11.3 Å². The summed E-state index contributed by atoms with van der Waals surface area (Å²) in [7, 11) is 0. The Morgan fingerprint density at radius 1 is 1.50 bits per heavy atom. The van der Waals surface area contributed by atoms with Crippen molar-refractivity contribution >= 4 is 27.3 Å². The molecule has 1 unspecified atom stereocenters. The molecule has 0 saturated carbocycles. The van der Waals surface area contributed by atoms with Crippen molar-refractivity contribution in [1.82, 2.24) is 4.57 Å².